The first-order chi connectivity index (χ1) is 11.1. The molecule has 8 heteroatoms. The molecule has 0 radical (unpaired) electrons. The van der Waals surface area contributed by atoms with Crippen LogP contribution in [-0.2, 0) is 16.0 Å². The van der Waals surface area contributed by atoms with Crippen molar-refractivity contribution < 1.29 is 19.2 Å². The molecule has 0 saturated heterocycles. The highest BCUT2D eigenvalue weighted by atomic mass is 16.5. The van der Waals surface area contributed by atoms with E-state index in [0.717, 1.165) is 0 Å². The van der Waals surface area contributed by atoms with Gasteiger partial charge in [-0.15, -0.1) is 0 Å². The first-order valence-corrected chi connectivity index (χ1v) is 7.33. The summed E-state index contributed by atoms with van der Waals surface area (Å²) in [6.45, 7) is 2.00. The minimum atomic E-state index is -1.03. The number of carbonyl (C=O) groups excluding carboxylic acids is 1. The van der Waals surface area contributed by atoms with Crippen molar-refractivity contribution in [2.75, 3.05) is 13.1 Å². The maximum Gasteiger partial charge on any atom is 0.323 e. The number of hydrogen-bond donors (Lipinski definition) is 1. The summed E-state index contributed by atoms with van der Waals surface area (Å²) in [6.07, 6.45) is 2.71. The number of amides is 1. The second-order valence-electron chi connectivity index (χ2n) is 4.94. The lowest BCUT2D eigenvalue weighted by Crippen LogP contribution is -2.36. The molecule has 0 atom stereocenters. The van der Waals surface area contributed by atoms with Gasteiger partial charge in [-0.25, -0.2) is 0 Å². The number of rotatable bonds is 8. The minimum absolute atomic E-state index is 0.122. The average molecular weight is 318 g/mol. The average Bonchev–Trinajstić information content (AvgIpc) is 3.01. The number of aromatic nitrogens is 3. The van der Waals surface area contributed by atoms with E-state index in [1.807, 2.05) is 13.0 Å². The minimum Gasteiger partial charge on any atom is -0.480 e. The normalized spacial score (nSPS) is 10.5. The number of carboxylic acids is 1. The lowest BCUT2D eigenvalue weighted by atomic mass is 10.2. The van der Waals surface area contributed by atoms with E-state index in [0.29, 0.717) is 30.4 Å². The number of carboxylic acid groups (broad SMARTS) is 1. The van der Waals surface area contributed by atoms with Crippen LogP contribution >= 0.6 is 0 Å². The molecule has 2 rings (SSSR count). The quantitative estimate of drug-likeness (QED) is 0.783. The molecule has 0 aliphatic rings. The Morgan fingerprint density at radius 2 is 2.17 bits per heavy atom. The van der Waals surface area contributed by atoms with Crippen LogP contribution in [-0.4, -0.2) is 50.1 Å². The molecule has 0 spiro atoms. The summed E-state index contributed by atoms with van der Waals surface area (Å²) >= 11 is 0. The Balaban J connectivity index is 1.93. The molecule has 0 unspecified atom stereocenters. The summed E-state index contributed by atoms with van der Waals surface area (Å²) < 4.78 is 5.10. The van der Waals surface area contributed by atoms with E-state index in [1.54, 1.807) is 18.3 Å². The molecular weight excluding hydrogens is 300 g/mol. The van der Waals surface area contributed by atoms with Gasteiger partial charge in [0.1, 0.15) is 12.2 Å². The number of hydrogen-bond acceptors (Lipinski definition) is 6. The van der Waals surface area contributed by atoms with Crippen molar-refractivity contribution in [1.82, 2.24) is 20.0 Å². The van der Waals surface area contributed by atoms with Crippen molar-refractivity contribution in [1.29, 1.82) is 0 Å². The van der Waals surface area contributed by atoms with Crippen molar-refractivity contribution in [3.05, 3.63) is 30.3 Å². The summed E-state index contributed by atoms with van der Waals surface area (Å²) in [7, 11) is 0. The van der Waals surface area contributed by atoms with Crippen molar-refractivity contribution in [2.45, 2.75) is 26.2 Å². The molecule has 122 valence electrons. The molecule has 0 aromatic carbocycles. The highest BCUT2D eigenvalue weighted by Crippen LogP contribution is 2.13. The lowest BCUT2D eigenvalue weighted by molar-refractivity contribution is -0.144. The standard InChI is InChI=1S/C15H18N4O4/c1-2-9-19(10-14(21)22)13(20)7-6-12-17-15(18-23-12)11-5-3-4-8-16-11/h3-5,8H,2,6-7,9-10H2,1H3,(H,21,22). The van der Waals surface area contributed by atoms with Crippen molar-refractivity contribution in [3.63, 3.8) is 0 Å². The van der Waals surface area contributed by atoms with Crippen LogP contribution in [0, 0.1) is 0 Å². The fourth-order valence-corrected chi connectivity index (χ4v) is 2.05. The van der Waals surface area contributed by atoms with Crippen molar-refractivity contribution in [2.24, 2.45) is 0 Å². The van der Waals surface area contributed by atoms with E-state index >= 15 is 0 Å². The largest absolute Gasteiger partial charge is 0.480 e. The van der Waals surface area contributed by atoms with Gasteiger partial charge in [0.25, 0.3) is 0 Å². The predicted molar refractivity (Wildman–Crippen MR) is 80.4 cm³/mol. The van der Waals surface area contributed by atoms with Crippen LogP contribution in [0.3, 0.4) is 0 Å². The zero-order chi connectivity index (χ0) is 16.7. The third-order valence-electron chi connectivity index (χ3n) is 3.09. The number of pyridine rings is 1. The third-order valence-corrected chi connectivity index (χ3v) is 3.09. The lowest BCUT2D eigenvalue weighted by Gasteiger charge is -2.19. The van der Waals surface area contributed by atoms with E-state index in [2.05, 4.69) is 15.1 Å². The smallest absolute Gasteiger partial charge is 0.323 e. The molecule has 8 nitrogen and oxygen atoms in total. The maximum atomic E-state index is 12.1. The Morgan fingerprint density at radius 1 is 1.35 bits per heavy atom. The second kappa shape index (κ2) is 8.02. The fraction of sp³-hybridized carbons (Fsp3) is 0.400. The molecule has 0 bridgehead atoms. The van der Waals surface area contributed by atoms with E-state index in [-0.39, 0.29) is 25.3 Å². The first-order valence-electron chi connectivity index (χ1n) is 7.33. The van der Waals surface area contributed by atoms with Crippen LogP contribution in [0.1, 0.15) is 25.7 Å². The zero-order valence-electron chi connectivity index (χ0n) is 12.8. The SMILES string of the molecule is CCCN(CC(=O)O)C(=O)CCc1nc(-c2ccccn2)no1. The number of carbonyl (C=O) groups is 2. The monoisotopic (exact) mass is 318 g/mol. The molecule has 2 aromatic rings. The number of nitrogens with zero attached hydrogens (tertiary/aromatic N) is 4. The van der Waals surface area contributed by atoms with Gasteiger partial charge < -0.3 is 14.5 Å². The highest BCUT2D eigenvalue weighted by molar-refractivity contribution is 5.81. The Bertz CT molecular complexity index is 657. The summed E-state index contributed by atoms with van der Waals surface area (Å²) in [5.41, 5.74) is 0.590. The van der Waals surface area contributed by atoms with Gasteiger partial charge in [-0.2, -0.15) is 4.98 Å². The van der Waals surface area contributed by atoms with Crippen molar-refractivity contribution in [3.8, 4) is 11.5 Å². The van der Waals surface area contributed by atoms with E-state index in [1.165, 1.54) is 4.90 Å². The predicted octanol–water partition coefficient (Wildman–Crippen LogP) is 1.39. The molecular formula is C15H18N4O4. The van der Waals surface area contributed by atoms with Crippen LogP contribution in [0.25, 0.3) is 11.5 Å². The van der Waals surface area contributed by atoms with Crippen LogP contribution in [0.4, 0.5) is 0 Å². The molecule has 1 N–H and O–H groups in total. The van der Waals surface area contributed by atoms with Gasteiger partial charge >= 0.3 is 5.97 Å². The Hall–Kier alpha value is -2.77. The van der Waals surface area contributed by atoms with Crippen LogP contribution < -0.4 is 0 Å². The van der Waals surface area contributed by atoms with Crippen LogP contribution in [0.5, 0.6) is 0 Å². The van der Waals surface area contributed by atoms with Gasteiger partial charge in [-0.3, -0.25) is 14.6 Å². The van der Waals surface area contributed by atoms with Crippen molar-refractivity contribution >= 4 is 11.9 Å². The van der Waals surface area contributed by atoms with Gasteiger partial charge in [0.15, 0.2) is 0 Å². The van der Waals surface area contributed by atoms with Gasteiger partial charge in [0.05, 0.1) is 0 Å². The van der Waals surface area contributed by atoms with Gasteiger partial charge in [0.2, 0.25) is 17.6 Å². The van der Waals surface area contributed by atoms with Gasteiger partial charge in [-0.05, 0) is 18.6 Å². The van der Waals surface area contributed by atoms with E-state index in [9.17, 15) is 9.59 Å². The van der Waals surface area contributed by atoms with Crippen LogP contribution in [0.15, 0.2) is 28.9 Å². The molecule has 0 fully saturated rings. The first kappa shape index (κ1) is 16.6. The number of aliphatic carboxylic acids is 1. The summed E-state index contributed by atoms with van der Waals surface area (Å²) in [5.74, 6) is -0.580. The van der Waals surface area contributed by atoms with Gasteiger partial charge in [0, 0.05) is 25.6 Å². The topological polar surface area (TPSA) is 109 Å². The zero-order valence-corrected chi connectivity index (χ0v) is 12.8. The molecule has 23 heavy (non-hydrogen) atoms. The Kier molecular flexibility index (Phi) is 5.79. The second-order valence-corrected chi connectivity index (χ2v) is 4.94. The molecule has 0 saturated carbocycles. The van der Waals surface area contributed by atoms with E-state index < -0.39 is 5.97 Å². The molecule has 2 aromatic heterocycles. The third kappa shape index (κ3) is 4.87. The highest BCUT2D eigenvalue weighted by Gasteiger charge is 2.17. The van der Waals surface area contributed by atoms with Crippen LogP contribution in [0.2, 0.25) is 0 Å². The Morgan fingerprint density at radius 3 is 2.83 bits per heavy atom. The van der Waals surface area contributed by atoms with E-state index in [4.69, 9.17) is 9.63 Å². The fourth-order valence-electron chi connectivity index (χ4n) is 2.05. The molecule has 2 heterocycles. The van der Waals surface area contributed by atoms with Gasteiger partial charge in [-0.1, -0.05) is 18.1 Å². The summed E-state index contributed by atoms with van der Waals surface area (Å²) in [5, 5.41) is 12.7. The molecule has 1 amide bonds. The maximum absolute atomic E-state index is 12.1. The summed E-state index contributed by atoms with van der Waals surface area (Å²) in [4.78, 5) is 32.5. The molecule has 0 aliphatic carbocycles. The Labute approximate surface area is 133 Å². The number of aryl methyl sites for hydroxylation is 1. The summed E-state index contributed by atoms with van der Waals surface area (Å²) in [6, 6.07) is 5.36. The molecule has 0 aliphatic heterocycles.